The minimum atomic E-state index is 0.563. The van der Waals surface area contributed by atoms with E-state index in [1.807, 2.05) is 0 Å². The van der Waals surface area contributed by atoms with Gasteiger partial charge in [-0.2, -0.15) is 5.10 Å². The lowest BCUT2D eigenvalue weighted by Gasteiger charge is -2.17. The zero-order chi connectivity index (χ0) is 14.3. The van der Waals surface area contributed by atoms with Crippen LogP contribution >= 0.6 is 0 Å². The molecule has 0 saturated heterocycles. The van der Waals surface area contributed by atoms with Crippen molar-refractivity contribution >= 4 is 0 Å². The van der Waals surface area contributed by atoms with E-state index in [-0.39, 0.29) is 0 Å². The second kappa shape index (κ2) is 8.36. The van der Waals surface area contributed by atoms with Crippen molar-refractivity contribution in [2.75, 3.05) is 13.1 Å². The van der Waals surface area contributed by atoms with E-state index in [9.17, 15) is 0 Å². The first-order valence-corrected chi connectivity index (χ1v) is 8.03. The van der Waals surface area contributed by atoms with Gasteiger partial charge >= 0.3 is 0 Å². The standard InChI is InChI=1S/C16H31N3/c1-6-13(7-2)19-16(9-4)14(11-12-17-10-5)15(8-3)18-19/h13,17H,6-12H2,1-5H3. The van der Waals surface area contributed by atoms with Gasteiger partial charge in [0.15, 0.2) is 0 Å². The number of likely N-dealkylation sites (N-methyl/N-ethyl adjacent to an activating group) is 1. The molecule has 110 valence electrons. The Morgan fingerprint density at radius 1 is 1.05 bits per heavy atom. The first kappa shape index (κ1) is 16.2. The van der Waals surface area contributed by atoms with Crippen LogP contribution in [0.1, 0.15) is 70.5 Å². The molecule has 0 fully saturated rings. The summed E-state index contributed by atoms with van der Waals surface area (Å²) < 4.78 is 2.32. The topological polar surface area (TPSA) is 29.9 Å². The van der Waals surface area contributed by atoms with Crippen molar-refractivity contribution in [1.29, 1.82) is 0 Å². The normalized spacial score (nSPS) is 11.5. The maximum Gasteiger partial charge on any atom is 0.0657 e. The van der Waals surface area contributed by atoms with Crippen LogP contribution in [0.5, 0.6) is 0 Å². The molecule has 3 heteroatoms. The molecule has 3 nitrogen and oxygen atoms in total. The molecule has 0 aliphatic heterocycles. The molecule has 1 rings (SSSR count). The van der Waals surface area contributed by atoms with Crippen LogP contribution in [0.4, 0.5) is 0 Å². The zero-order valence-corrected chi connectivity index (χ0v) is 13.4. The second-order valence-corrected chi connectivity index (χ2v) is 5.10. The smallest absolute Gasteiger partial charge is 0.0657 e. The van der Waals surface area contributed by atoms with Crippen LogP contribution in [0.2, 0.25) is 0 Å². The fourth-order valence-electron chi connectivity index (χ4n) is 2.83. The summed E-state index contributed by atoms with van der Waals surface area (Å²) in [5.74, 6) is 0. The van der Waals surface area contributed by atoms with E-state index in [0.717, 1.165) is 32.4 Å². The maximum atomic E-state index is 4.91. The van der Waals surface area contributed by atoms with Crippen molar-refractivity contribution in [2.24, 2.45) is 0 Å². The van der Waals surface area contributed by atoms with Gasteiger partial charge in [-0.25, -0.2) is 0 Å². The van der Waals surface area contributed by atoms with Crippen LogP contribution in [0.3, 0.4) is 0 Å². The van der Waals surface area contributed by atoms with Crippen molar-refractivity contribution in [3.05, 3.63) is 17.0 Å². The molecule has 0 aliphatic rings. The highest BCUT2D eigenvalue weighted by Gasteiger charge is 2.18. The van der Waals surface area contributed by atoms with E-state index in [0.29, 0.717) is 6.04 Å². The van der Waals surface area contributed by atoms with Gasteiger partial charge in [0, 0.05) is 5.69 Å². The average molecular weight is 265 g/mol. The largest absolute Gasteiger partial charge is 0.317 e. The number of nitrogens with one attached hydrogen (secondary N) is 1. The molecule has 0 unspecified atom stereocenters. The summed E-state index contributed by atoms with van der Waals surface area (Å²) in [5, 5.41) is 8.34. The van der Waals surface area contributed by atoms with E-state index in [2.05, 4.69) is 44.6 Å². The molecule has 1 aromatic heterocycles. The molecule has 0 aliphatic carbocycles. The quantitative estimate of drug-likeness (QED) is 0.692. The third-order valence-corrected chi connectivity index (χ3v) is 3.96. The van der Waals surface area contributed by atoms with Crippen molar-refractivity contribution < 1.29 is 0 Å². The monoisotopic (exact) mass is 265 g/mol. The number of aryl methyl sites for hydroxylation is 1. The number of rotatable bonds is 9. The van der Waals surface area contributed by atoms with Gasteiger partial charge in [-0.15, -0.1) is 0 Å². The zero-order valence-electron chi connectivity index (χ0n) is 13.4. The molecule has 0 amide bonds. The van der Waals surface area contributed by atoms with Gasteiger partial charge < -0.3 is 5.32 Å². The summed E-state index contributed by atoms with van der Waals surface area (Å²) in [6, 6.07) is 0.563. The lowest BCUT2D eigenvalue weighted by atomic mass is 10.0. The molecular formula is C16H31N3. The Kier molecular flexibility index (Phi) is 7.14. The third-order valence-electron chi connectivity index (χ3n) is 3.96. The van der Waals surface area contributed by atoms with Gasteiger partial charge in [-0.3, -0.25) is 4.68 Å². The summed E-state index contributed by atoms with van der Waals surface area (Å²) in [5.41, 5.74) is 4.27. The first-order valence-electron chi connectivity index (χ1n) is 8.03. The fraction of sp³-hybridized carbons (Fsp3) is 0.812. The number of hydrogen-bond acceptors (Lipinski definition) is 2. The molecule has 0 saturated carbocycles. The minimum Gasteiger partial charge on any atom is -0.317 e. The maximum absolute atomic E-state index is 4.91. The van der Waals surface area contributed by atoms with Gasteiger partial charge in [-0.1, -0.05) is 34.6 Å². The van der Waals surface area contributed by atoms with E-state index >= 15 is 0 Å². The second-order valence-electron chi connectivity index (χ2n) is 5.10. The summed E-state index contributed by atoms with van der Waals surface area (Å²) in [6.07, 6.45) is 5.58. The molecule has 1 N–H and O–H groups in total. The molecule has 0 radical (unpaired) electrons. The highest BCUT2D eigenvalue weighted by molar-refractivity contribution is 5.27. The van der Waals surface area contributed by atoms with Gasteiger partial charge in [0.05, 0.1) is 11.7 Å². The first-order chi connectivity index (χ1) is 9.23. The molecule has 0 spiro atoms. The van der Waals surface area contributed by atoms with Crippen molar-refractivity contribution in [3.8, 4) is 0 Å². The average Bonchev–Trinajstić information content (AvgIpc) is 2.78. The highest BCUT2D eigenvalue weighted by Crippen LogP contribution is 2.24. The van der Waals surface area contributed by atoms with Crippen LogP contribution in [-0.4, -0.2) is 22.9 Å². The summed E-state index contributed by atoms with van der Waals surface area (Å²) in [6.45, 7) is 13.3. The van der Waals surface area contributed by atoms with Crippen LogP contribution in [-0.2, 0) is 19.3 Å². The molecule has 1 heterocycles. The van der Waals surface area contributed by atoms with Crippen LogP contribution < -0.4 is 5.32 Å². The SMILES string of the molecule is CCNCCc1c(CC)nn(C(CC)CC)c1CC. The summed E-state index contributed by atoms with van der Waals surface area (Å²) in [7, 11) is 0. The number of hydrogen-bond donors (Lipinski definition) is 1. The molecular weight excluding hydrogens is 234 g/mol. The molecule has 0 atom stereocenters. The molecule has 19 heavy (non-hydrogen) atoms. The Hall–Kier alpha value is -0.830. The van der Waals surface area contributed by atoms with E-state index < -0.39 is 0 Å². The highest BCUT2D eigenvalue weighted by atomic mass is 15.3. The fourth-order valence-corrected chi connectivity index (χ4v) is 2.83. The van der Waals surface area contributed by atoms with Crippen molar-refractivity contribution in [3.63, 3.8) is 0 Å². The Morgan fingerprint density at radius 2 is 1.74 bits per heavy atom. The van der Waals surface area contributed by atoms with Gasteiger partial charge in [-0.05, 0) is 50.8 Å². The van der Waals surface area contributed by atoms with Gasteiger partial charge in [0.1, 0.15) is 0 Å². The molecule has 0 bridgehead atoms. The lowest BCUT2D eigenvalue weighted by Crippen LogP contribution is -2.17. The van der Waals surface area contributed by atoms with Crippen LogP contribution in [0.15, 0.2) is 0 Å². The van der Waals surface area contributed by atoms with Crippen LogP contribution in [0, 0.1) is 0 Å². The molecule has 0 aromatic carbocycles. The van der Waals surface area contributed by atoms with Gasteiger partial charge in [0.2, 0.25) is 0 Å². The Morgan fingerprint density at radius 3 is 2.21 bits per heavy atom. The van der Waals surface area contributed by atoms with Crippen molar-refractivity contribution in [2.45, 2.75) is 72.8 Å². The predicted molar refractivity (Wildman–Crippen MR) is 82.8 cm³/mol. The number of nitrogens with zero attached hydrogens (tertiary/aromatic N) is 2. The summed E-state index contributed by atoms with van der Waals surface area (Å²) in [4.78, 5) is 0. The van der Waals surface area contributed by atoms with E-state index in [4.69, 9.17) is 5.10 Å². The number of aromatic nitrogens is 2. The third kappa shape index (κ3) is 3.82. The van der Waals surface area contributed by atoms with Gasteiger partial charge in [0.25, 0.3) is 0 Å². The summed E-state index contributed by atoms with van der Waals surface area (Å²) >= 11 is 0. The predicted octanol–water partition coefficient (Wildman–Crippen LogP) is 3.52. The van der Waals surface area contributed by atoms with E-state index in [1.165, 1.54) is 29.8 Å². The Labute approximate surface area is 118 Å². The van der Waals surface area contributed by atoms with Crippen LogP contribution in [0.25, 0.3) is 0 Å². The minimum absolute atomic E-state index is 0.563. The lowest BCUT2D eigenvalue weighted by molar-refractivity contribution is 0.413. The van der Waals surface area contributed by atoms with E-state index in [1.54, 1.807) is 0 Å². The molecule has 1 aromatic rings. The Balaban J connectivity index is 3.05. The van der Waals surface area contributed by atoms with Crippen molar-refractivity contribution in [1.82, 2.24) is 15.1 Å². The Bertz CT molecular complexity index is 364.